The molecular formula is C13H14N7NaO8S2. The van der Waals surface area contributed by atoms with Crippen molar-refractivity contribution in [1.29, 1.82) is 0 Å². The molecule has 1 aromatic rings. The molecule has 0 saturated carbocycles. The summed E-state index contributed by atoms with van der Waals surface area (Å²) >= 11 is 1.18. The molecule has 2 unspecified atom stereocenters. The van der Waals surface area contributed by atoms with Crippen LogP contribution in [-0.2, 0) is 36.1 Å². The van der Waals surface area contributed by atoms with Gasteiger partial charge in [0.05, 0.1) is 5.69 Å². The summed E-state index contributed by atoms with van der Waals surface area (Å²) in [5, 5.41) is 7.40. The Morgan fingerprint density at radius 2 is 2.16 bits per heavy atom. The van der Waals surface area contributed by atoms with E-state index < -0.39 is 46.3 Å². The van der Waals surface area contributed by atoms with Gasteiger partial charge in [0.25, 0.3) is 17.7 Å². The number of β-lactam (4-membered cyclic amide) rings is 1. The topological polar surface area (TPSA) is 208 Å². The molecule has 0 radical (unpaired) electrons. The number of nitrogen functional groups attached to an aromatic ring is 1. The van der Waals surface area contributed by atoms with Crippen molar-refractivity contribution in [3.8, 4) is 0 Å². The molecule has 2 saturated heterocycles. The van der Waals surface area contributed by atoms with Gasteiger partial charge in [0.2, 0.25) is 0 Å². The first kappa shape index (κ1) is 25.0. The predicted octanol–water partition coefficient (Wildman–Crippen LogP) is -5.76. The molecule has 2 aliphatic rings. The Labute approximate surface area is 201 Å². The molecule has 2 fully saturated rings. The summed E-state index contributed by atoms with van der Waals surface area (Å²) in [6.45, 7) is -0.471. The van der Waals surface area contributed by atoms with Crippen LogP contribution in [0.2, 0.25) is 0 Å². The SMILES string of the molecule is CN1CC(=O)N(C2C(NC(=O)/C=N/OCc3csc(N)n3)C(=O)N2S(=O)(=O)[O-])C1=O.[Na+]. The van der Waals surface area contributed by atoms with E-state index in [-0.39, 0.29) is 47.0 Å². The number of nitrogens with one attached hydrogen (secondary N) is 1. The maximum Gasteiger partial charge on any atom is 1.00 e. The Morgan fingerprint density at radius 3 is 2.68 bits per heavy atom. The maximum absolute atomic E-state index is 12.1. The average molecular weight is 483 g/mol. The number of imide groups is 1. The van der Waals surface area contributed by atoms with E-state index in [1.165, 1.54) is 18.4 Å². The number of carbonyl (C=O) groups excluding carboxylic acids is 4. The van der Waals surface area contributed by atoms with Crippen molar-refractivity contribution in [1.82, 2.24) is 24.4 Å². The summed E-state index contributed by atoms with van der Waals surface area (Å²) in [4.78, 5) is 58.4. The fraction of sp³-hybridized carbons (Fsp3) is 0.385. The molecule has 3 heterocycles. The van der Waals surface area contributed by atoms with E-state index in [0.29, 0.717) is 21.9 Å². The summed E-state index contributed by atoms with van der Waals surface area (Å²) in [6.07, 6.45) is -1.17. The average Bonchev–Trinajstić information content (AvgIpc) is 3.16. The van der Waals surface area contributed by atoms with Crippen LogP contribution in [0.25, 0.3) is 0 Å². The quantitative estimate of drug-likeness (QED) is 0.0937. The molecule has 0 aromatic carbocycles. The zero-order valence-corrected chi connectivity index (χ0v) is 19.8. The summed E-state index contributed by atoms with van der Waals surface area (Å²) in [7, 11) is -4.07. The van der Waals surface area contributed by atoms with Crippen LogP contribution in [0.4, 0.5) is 9.93 Å². The third kappa shape index (κ3) is 5.13. The predicted molar refractivity (Wildman–Crippen MR) is 96.9 cm³/mol. The number of amides is 5. The maximum atomic E-state index is 12.1. The van der Waals surface area contributed by atoms with Gasteiger partial charge in [-0.25, -0.2) is 27.4 Å². The number of hydrogen-bond donors (Lipinski definition) is 2. The van der Waals surface area contributed by atoms with Crippen LogP contribution in [0.3, 0.4) is 0 Å². The summed E-state index contributed by atoms with van der Waals surface area (Å²) in [5.74, 6) is -3.13. The van der Waals surface area contributed by atoms with E-state index in [1.807, 2.05) is 0 Å². The number of thiazole rings is 1. The number of anilines is 1. The monoisotopic (exact) mass is 483 g/mol. The van der Waals surface area contributed by atoms with Crippen LogP contribution in [0, 0.1) is 0 Å². The van der Waals surface area contributed by atoms with Gasteiger partial charge in [-0.15, -0.1) is 11.3 Å². The number of nitrogens with two attached hydrogens (primary N) is 1. The van der Waals surface area contributed by atoms with Crippen molar-refractivity contribution in [3.63, 3.8) is 0 Å². The zero-order valence-electron chi connectivity index (χ0n) is 16.1. The summed E-state index contributed by atoms with van der Waals surface area (Å²) in [6, 6.07) is -2.57. The molecular weight excluding hydrogens is 469 g/mol. The minimum Gasteiger partial charge on any atom is -0.731 e. The summed E-state index contributed by atoms with van der Waals surface area (Å²) < 4.78 is 34.0. The van der Waals surface area contributed by atoms with Crippen LogP contribution in [0.15, 0.2) is 10.5 Å². The normalized spacial score (nSPS) is 21.4. The van der Waals surface area contributed by atoms with Crippen molar-refractivity contribution in [2.75, 3.05) is 19.3 Å². The number of nitrogens with zero attached hydrogens (tertiary/aromatic N) is 5. The van der Waals surface area contributed by atoms with Gasteiger partial charge < -0.3 is 25.3 Å². The second-order valence-electron chi connectivity index (χ2n) is 6.08. The molecule has 3 N–H and O–H groups in total. The summed E-state index contributed by atoms with van der Waals surface area (Å²) in [5.41, 5.74) is 5.92. The van der Waals surface area contributed by atoms with E-state index in [0.717, 1.165) is 4.90 Å². The Bertz CT molecular complexity index is 1040. The number of urea groups is 1. The van der Waals surface area contributed by atoms with Crippen LogP contribution >= 0.6 is 11.3 Å². The second-order valence-corrected chi connectivity index (χ2v) is 8.22. The largest absolute Gasteiger partial charge is 1.00 e. The minimum atomic E-state index is -5.34. The smallest absolute Gasteiger partial charge is 0.731 e. The van der Waals surface area contributed by atoms with Crippen LogP contribution in [0.5, 0.6) is 0 Å². The van der Waals surface area contributed by atoms with Gasteiger partial charge in [0, 0.05) is 12.4 Å². The molecule has 0 aliphatic carbocycles. The van der Waals surface area contributed by atoms with Gasteiger partial charge in [-0.05, 0) is 0 Å². The number of aromatic nitrogens is 1. The van der Waals surface area contributed by atoms with Gasteiger partial charge in [-0.1, -0.05) is 5.16 Å². The molecule has 18 heteroatoms. The molecule has 2 aliphatic heterocycles. The first-order valence-electron chi connectivity index (χ1n) is 8.02. The van der Waals surface area contributed by atoms with Crippen molar-refractivity contribution >= 4 is 56.7 Å². The molecule has 15 nitrogen and oxygen atoms in total. The fourth-order valence-corrected chi connectivity index (χ4v) is 4.11. The minimum absolute atomic E-state index is 0. The Kier molecular flexibility index (Phi) is 7.61. The number of oxime groups is 1. The number of hydrogen-bond acceptors (Lipinski definition) is 12. The molecule has 5 amide bonds. The molecule has 2 atom stereocenters. The first-order chi connectivity index (χ1) is 14.0. The van der Waals surface area contributed by atoms with Gasteiger partial charge in [0.1, 0.15) is 12.8 Å². The third-order valence-corrected chi connectivity index (χ3v) is 5.63. The van der Waals surface area contributed by atoms with Crippen molar-refractivity contribution in [3.05, 3.63) is 11.1 Å². The Hall–Kier alpha value is -2.31. The zero-order chi connectivity index (χ0) is 22.2. The Morgan fingerprint density at radius 1 is 1.48 bits per heavy atom. The van der Waals surface area contributed by atoms with E-state index in [4.69, 9.17) is 10.6 Å². The van der Waals surface area contributed by atoms with Crippen molar-refractivity contribution < 1.29 is 66.5 Å². The van der Waals surface area contributed by atoms with Gasteiger partial charge >= 0.3 is 35.6 Å². The third-order valence-electron chi connectivity index (χ3n) is 4.03. The van der Waals surface area contributed by atoms with Gasteiger partial charge in [0.15, 0.2) is 34.3 Å². The van der Waals surface area contributed by atoms with Crippen LogP contribution in [0.1, 0.15) is 5.69 Å². The molecule has 1 aromatic heterocycles. The molecule has 162 valence electrons. The standard InChI is InChI=1S/C13H15N7O8S2.Na/c1-18-3-8(22)19(13(18)24)10-9(11(23)20(10)30(25,26)27)17-7(21)2-15-28-4-6-5-29-12(14)16-6;/h2,5,9-10H,3-4H2,1H3,(H2,14,16)(H,17,21)(H,25,26,27);/q;+1/p-1/b15-2+;. The second kappa shape index (κ2) is 9.45. The van der Waals surface area contributed by atoms with E-state index in [2.05, 4.69) is 15.5 Å². The first-order valence-corrected chi connectivity index (χ1v) is 10.3. The van der Waals surface area contributed by atoms with E-state index in [1.54, 1.807) is 5.38 Å². The van der Waals surface area contributed by atoms with Crippen LogP contribution < -0.4 is 40.6 Å². The van der Waals surface area contributed by atoms with Gasteiger partial charge in [-0.3, -0.25) is 14.4 Å². The van der Waals surface area contributed by atoms with E-state index in [9.17, 15) is 32.1 Å². The number of carbonyl (C=O) groups is 4. The number of likely N-dealkylation sites (N-methyl/N-ethyl adjacent to an activating group) is 1. The molecule has 3 rings (SSSR count). The molecule has 0 bridgehead atoms. The molecule has 31 heavy (non-hydrogen) atoms. The van der Waals surface area contributed by atoms with Crippen molar-refractivity contribution in [2.24, 2.45) is 5.16 Å². The van der Waals surface area contributed by atoms with Crippen molar-refractivity contribution in [2.45, 2.75) is 18.8 Å². The number of rotatable bonds is 7. The van der Waals surface area contributed by atoms with E-state index >= 15 is 0 Å². The van der Waals surface area contributed by atoms with Gasteiger partial charge in [-0.2, -0.15) is 0 Å². The fourth-order valence-electron chi connectivity index (χ4n) is 2.75. The van der Waals surface area contributed by atoms with Crippen LogP contribution in [-0.4, -0.2) is 87.8 Å². The Balaban J connectivity index is 0.00000341. The molecule has 0 spiro atoms.